The molecule has 0 aliphatic heterocycles. The molecule has 0 heterocycles. The highest BCUT2D eigenvalue weighted by Gasteiger charge is 2.40. The van der Waals surface area contributed by atoms with Crippen LogP contribution >= 0.6 is 0 Å². The van der Waals surface area contributed by atoms with Gasteiger partial charge >= 0.3 is 8.80 Å². The molecule has 0 fully saturated rings. The van der Waals surface area contributed by atoms with E-state index in [9.17, 15) is 4.79 Å². The number of carbonyl (C=O) groups is 1. The Labute approximate surface area is 101 Å². The van der Waals surface area contributed by atoms with E-state index in [-0.39, 0.29) is 5.91 Å². The zero-order valence-electron chi connectivity index (χ0n) is 10.0. The zero-order valence-corrected chi connectivity index (χ0v) is 11.0. The molecule has 0 saturated heterocycles. The molecule has 0 radical (unpaired) electrons. The van der Waals surface area contributed by atoms with Crippen molar-refractivity contribution in [1.29, 1.82) is 0 Å². The fourth-order valence-electron chi connectivity index (χ4n) is 1.51. The van der Waals surface area contributed by atoms with Gasteiger partial charge in [-0.1, -0.05) is 12.1 Å². The Morgan fingerprint density at radius 3 is 1.94 bits per heavy atom. The minimum absolute atomic E-state index is 0.351. The van der Waals surface area contributed by atoms with Crippen LogP contribution in [-0.2, 0) is 13.3 Å². The first-order valence-electron chi connectivity index (χ1n) is 4.90. The first-order valence-corrected chi connectivity index (χ1v) is 6.63. The highest BCUT2D eigenvalue weighted by molar-refractivity contribution is 6.75. The highest BCUT2D eigenvalue weighted by atomic mass is 28.4. The second-order valence-electron chi connectivity index (χ2n) is 3.22. The lowest BCUT2D eigenvalue weighted by Gasteiger charge is -2.24. The van der Waals surface area contributed by atoms with Crippen LogP contribution in [0.1, 0.15) is 10.4 Å². The number of benzene rings is 1. The molecule has 0 unspecified atom stereocenters. The first kappa shape index (κ1) is 13.8. The van der Waals surface area contributed by atoms with Crippen LogP contribution in [0, 0.1) is 0 Å². The van der Waals surface area contributed by atoms with Gasteiger partial charge in [-0.05, 0) is 12.1 Å². The van der Waals surface area contributed by atoms with E-state index in [4.69, 9.17) is 19.1 Å². The second-order valence-corrected chi connectivity index (χ2v) is 6.13. The minimum atomic E-state index is -2.82. The van der Waals surface area contributed by atoms with Crippen molar-refractivity contribution in [2.24, 2.45) is 5.84 Å². The van der Waals surface area contributed by atoms with Crippen LogP contribution in [0.25, 0.3) is 0 Å². The number of nitrogens with two attached hydrogens (primary N) is 1. The molecular weight excluding hydrogens is 240 g/mol. The van der Waals surface area contributed by atoms with Crippen molar-refractivity contribution in [3.8, 4) is 0 Å². The Kier molecular flexibility index (Phi) is 4.79. The summed E-state index contributed by atoms with van der Waals surface area (Å²) in [5.74, 6) is 4.69. The van der Waals surface area contributed by atoms with Crippen molar-refractivity contribution in [3.63, 3.8) is 0 Å². The summed E-state index contributed by atoms with van der Waals surface area (Å²) in [5.41, 5.74) is 2.52. The molecular formula is C10H16N2O4Si. The largest absolute Gasteiger partial charge is 0.536 e. The van der Waals surface area contributed by atoms with Crippen LogP contribution in [0.15, 0.2) is 24.3 Å². The number of nitrogens with one attached hydrogen (secondary N) is 1. The summed E-state index contributed by atoms with van der Waals surface area (Å²) in [6.45, 7) is 0. The van der Waals surface area contributed by atoms with Gasteiger partial charge in [-0.2, -0.15) is 0 Å². The van der Waals surface area contributed by atoms with Crippen molar-refractivity contribution >= 4 is 19.9 Å². The predicted molar refractivity (Wildman–Crippen MR) is 64.5 cm³/mol. The van der Waals surface area contributed by atoms with Crippen molar-refractivity contribution in [3.05, 3.63) is 29.8 Å². The number of amides is 1. The first-order chi connectivity index (χ1) is 8.13. The molecule has 1 amide bonds. The Hall–Kier alpha value is -1.25. The Morgan fingerprint density at radius 2 is 1.59 bits per heavy atom. The Bertz CT molecular complexity index is 370. The summed E-state index contributed by atoms with van der Waals surface area (Å²) in [4.78, 5) is 11.3. The van der Waals surface area contributed by atoms with Crippen molar-refractivity contribution in [1.82, 2.24) is 5.43 Å². The minimum Gasteiger partial charge on any atom is -0.373 e. The van der Waals surface area contributed by atoms with Gasteiger partial charge in [0.2, 0.25) is 0 Å². The van der Waals surface area contributed by atoms with E-state index in [1.807, 2.05) is 0 Å². The van der Waals surface area contributed by atoms with Crippen LogP contribution in [0.2, 0.25) is 0 Å². The molecule has 94 valence electrons. The maximum absolute atomic E-state index is 11.3. The molecule has 0 aromatic heterocycles. The van der Waals surface area contributed by atoms with Gasteiger partial charge in [0.1, 0.15) is 0 Å². The van der Waals surface area contributed by atoms with E-state index in [2.05, 4.69) is 5.43 Å². The summed E-state index contributed by atoms with van der Waals surface area (Å²) < 4.78 is 16.0. The topological polar surface area (TPSA) is 82.8 Å². The number of hydrogen-bond acceptors (Lipinski definition) is 5. The average molecular weight is 256 g/mol. The number of hydrogen-bond donors (Lipinski definition) is 2. The van der Waals surface area contributed by atoms with Crippen molar-refractivity contribution < 1.29 is 18.1 Å². The summed E-state index contributed by atoms with van der Waals surface area (Å²) >= 11 is 0. The third-order valence-corrected chi connectivity index (χ3v) is 5.09. The summed E-state index contributed by atoms with van der Waals surface area (Å²) in [6.07, 6.45) is 0. The van der Waals surface area contributed by atoms with Gasteiger partial charge in [0, 0.05) is 32.1 Å². The third-order valence-electron chi connectivity index (χ3n) is 2.44. The maximum Gasteiger partial charge on any atom is 0.536 e. The zero-order chi connectivity index (χ0) is 12.9. The number of nitrogen functional groups attached to an aromatic ring is 1. The average Bonchev–Trinajstić information content (AvgIpc) is 2.41. The van der Waals surface area contributed by atoms with Crippen LogP contribution in [0.5, 0.6) is 0 Å². The smallest absolute Gasteiger partial charge is 0.373 e. The lowest BCUT2D eigenvalue weighted by molar-refractivity contribution is 0.0953. The molecule has 0 aliphatic carbocycles. The molecule has 0 spiro atoms. The normalized spacial score (nSPS) is 11.3. The van der Waals surface area contributed by atoms with E-state index >= 15 is 0 Å². The number of hydrazine groups is 1. The quantitative estimate of drug-likeness (QED) is 0.317. The van der Waals surface area contributed by atoms with E-state index in [1.165, 1.54) is 21.3 Å². The number of carbonyl (C=O) groups excluding carboxylic acids is 1. The summed E-state index contributed by atoms with van der Waals surface area (Å²) in [5, 5.41) is 0.776. The molecule has 6 nitrogen and oxygen atoms in total. The summed E-state index contributed by atoms with van der Waals surface area (Å²) in [7, 11) is 1.76. The maximum atomic E-state index is 11.3. The monoisotopic (exact) mass is 256 g/mol. The van der Waals surface area contributed by atoms with Crippen molar-refractivity contribution in [2.45, 2.75) is 0 Å². The molecule has 1 aromatic rings. The molecule has 7 heteroatoms. The molecule has 0 saturated carbocycles. The van der Waals surface area contributed by atoms with Gasteiger partial charge in [0.25, 0.3) is 5.91 Å². The van der Waals surface area contributed by atoms with Crippen molar-refractivity contribution in [2.75, 3.05) is 21.3 Å². The van der Waals surface area contributed by atoms with E-state index < -0.39 is 8.80 Å². The third kappa shape index (κ3) is 2.71. The molecule has 17 heavy (non-hydrogen) atoms. The fraction of sp³-hybridized carbons (Fsp3) is 0.300. The van der Waals surface area contributed by atoms with Crippen LogP contribution in [0.4, 0.5) is 0 Å². The Balaban J connectivity index is 3.04. The lowest BCUT2D eigenvalue weighted by atomic mass is 10.2. The van der Waals surface area contributed by atoms with E-state index in [1.54, 1.807) is 24.3 Å². The van der Waals surface area contributed by atoms with Gasteiger partial charge in [-0.15, -0.1) is 0 Å². The predicted octanol–water partition coefficient (Wildman–Crippen LogP) is -0.625. The van der Waals surface area contributed by atoms with Crippen LogP contribution < -0.4 is 16.5 Å². The van der Waals surface area contributed by atoms with Gasteiger partial charge in [-0.25, -0.2) is 5.84 Å². The molecule has 0 aliphatic rings. The van der Waals surface area contributed by atoms with Crippen LogP contribution in [0.3, 0.4) is 0 Å². The molecule has 0 bridgehead atoms. The fourth-order valence-corrected chi connectivity index (χ4v) is 3.29. The Morgan fingerprint density at radius 1 is 1.12 bits per heavy atom. The molecule has 3 N–H and O–H groups in total. The SMILES string of the molecule is CO[Si](OC)(OC)c1ccc(C(=O)NN)cc1. The second kappa shape index (κ2) is 5.89. The van der Waals surface area contributed by atoms with E-state index in [0.29, 0.717) is 5.56 Å². The van der Waals surface area contributed by atoms with Gasteiger partial charge in [0.15, 0.2) is 0 Å². The van der Waals surface area contributed by atoms with Gasteiger partial charge in [-0.3, -0.25) is 10.2 Å². The van der Waals surface area contributed by atoms with Gasteiger partial charge < -0.3 is 13.3 Å². The number of rotatable bonds is 5. The lowest BCUT2D eigenvalue weighted by Crippen LogP contribution is -2.54. The highest BCUT2D eigenvalue weighted by Crippen LogP contribution is 2.08. The molecule has 1 rings (SSSR count). The standard InChI is InChI=1S/C10H16N2O4Si/c1-14-17(15-2,16-3)9-6-4-8(5-7-9)10(13)12-11/h4-7H,11H2,1-3H3,(H,12,13). The summed E-state index contributed by atoms with van der Waals surface area (Å²) in [6, 6.07) is 6.73. The van der Waals surface area contributed by atoms with E-state index in [0.717, 1.165) is 5.19 Å². The molecule has 1 aromatic carbocycles. The molecule has 0 atom stereocenters. The van der Waals surface area contributed by atoms with Crippen LogP contribution in [-0.4, -0.2) is 36.0 Å². The van der Waals surface area contributed by atoms with Gasteiger partial charge in [0.05, 0.1) is 0 Å².